The van der Waals surface area contributed by atoms with E-state index in [0.29, 0.717) is 16.5 Å². The molecule has 2 aromatic rings. The Balaban J connectivity index is 1.70. The van der Waals surface area contributed by atoms with Gasteiger partial charge in [-0.05, 0) is 55.6 Å². The summed E-state index contributed by atoms with van der Waals surface area (Å²) < 4.78 is 0. The topological polar surface area (TPSA) is 23.6 Å². The minimum atomic E-state index is 0.105. The molecule has 1 saturated heterocycles. The fraction of sp³-hybridized carbons (Fsp3) is 0.409. The number of likely N-dealkylation sites (tertiary alicyclic amines) is 1. The van der Waals surface area contributed by atoms with Gasteiger partial charge in [0.1, 0.15) is 0 Å². The number of rotatable bonds is 7. The van der Waals surface area contributed by atoms with Crippen LogP contribution in [-0.2, 0) is 17.6 Å². The molecule has 3 nitrogen and oxygen atoms in total. The maximum Gasteiger partial charge on any atom is 0.227 e. The average Bonchev–Trinajstić information content (AvgIpc) is 3.17. The first-order valence-electron chi connectivity index (χ1n) is 9.49. The van der Waals surface area contributed by atoms with E-state index < -0.39 is 0 Å². The summed E-state index contributed by atoms with van der Waals surface area (Å²) in [6.45, 7) is 3.17. The molecule has 0 unspecified atom stereocenters. The molecule has 0 spiro atoms. The van der Waals surface area contributed by atoms with Crippen molar-refractivity contribution in [1.29, 1.82) is 0 Å². The van der Waals surface area contributed by atoms with Gasteiger partial charge in [-0.15, -0.1) is 0 Å². The molecule has 1 aliphatic rings. The molecule has 1 aliphatic heterocycles. The summed E-state index contributed by atoms with van der Waals surface area (Å²) in [5.74, 6) is 0.105. The zero-order chi connectivity index (χ0) is 19.2. The van der Waals surface area contributed by atoms with Gasteiger partial charge in [-0.25, -0.2) is 0 Å². The van der Waals surface area contributed by atoms with Crippen LogP contribution in [0.25, 0.3) is 0 Å². The van der Waals surface area contributed by atoms with Crippen LogP contribution in [0, 0.1) is 0 Å². The Morgan fingerprint density at radius 3 is 2.41 bits per heavy atom. The first-order valence-corrected chi connectivity index (χ1v) is 10.2. The Bertz CT molecular complexity index is 760. The lowest BCUT2D eigenvalue weighted by atomic mass is 10.0. The number of nitrogens with zero attached hydrogens (tertiary/aromatic N) is 2. The molecule has 0 aliphatic carbocycles. The Kier molecular flexibility index (Phi) is 7.17. The number of likely N-dealkylation sites (N-methyl/N-ethyl adjacent to an activating group) is 1. The fourth-order valence-electron chi connectivity index (χ4n) is 3.63. The van der Waals surface area contributed by atoms with E-state index in [-0.39, 0.29) is 11.9 Å². The Labute approximate surface area is 171 Å². The van der Waals surface area contributed by atoms with Crippen molar-refractivity contribution in [1.82, 2.24) is 9.80 Å². The molecule has 1 amide bonds. The molecular formula is C22H26Cl2N2O. The molecule has 0 bridgehead atoms. The Morgan fingerprint density at radius 2 is 1.74 bits per heavy atom. The monoisotopic (exact) mass is 404 g/mol. The molecule has 0 N–H and O–H groups in total. The van der Waals surface area contributed by atoms with Crippen LogP contribution in [0.4, 0.5) is 0 Å². The molecule has 2 aromatic carbocycles. The third-order valence-electron chi connectivity index (χ3n) is 5.26. The van der Waals surface area contributed by atoms with E-state index in [9.17, 15) is 4.79 Å². The van der Waals surface area contributed by atoms with Gasteiger partial charge in [0.05, 0.1) is 16.5 Å². The predicted molar refractivity (Wildman–Crippen MR) is 113 cm³/mol. The number of carbonyl (C=O) groups excluding carboxylic acids is 1. The number of benzene rings is 2. The second-order valence-electron chi connectivity index (χ2n) is 7.28. The summed E-state index contributed by atoms with van der Waals surface area (Å²) in [5, 5.41) is 1.000. The molecular weight excluding hydrogens is 379 g/mol. The largest absolute Gasteiger partial charge is 0.341 e. The SMILES string of the molecule is CN(C(=O)Cc1ccc(Cl)c(Cl)c1)[C@@H](Cc1ccccc1)CN1CCCC1. The van der Waals surface area contributed by atoms with Gasteiger partial charge >= 0.3 is 0 Å². The van der Waals surface area contributed by atoms with E-state index >= 15 is 0 Å². The Morgan fingerprint density at radius 1 is 1.04 bits per heavy atom. The summed E-state index contributed by atoms with van der Waals surface area (Å²) in [5.41, 5.74) is 2.15. The van der Waals surface area contributed by atoms with E-state index in [0.717, 1.165) is 31.6 Å². The lowest BCUT2D eigenvalue weighted by molar-refractivity contribution is -0.131. The zero-order valence-corrected chi connectivity index (χ0v) is 17.2. The Hall–Kier alpha value is -1.55. The van der Waals surface area contributed by atoms with Gasteiger partial charge in [0.25, 0.3) is 0 Å². The third-order valence-corrected chi connectivity index (χ3v) is 6.00. The molecule has 1 heterocycles. The maximum atomic E-state index is 12.9. The third kappa shape index (κ3) is 5.71. The van der Waals surface area contributed by atoms with E-state index in [1.54, 1.807) is 12.1 Å². The lowest BCUT2D eigenvalue weighted by Gasteiger charge is -2.32. The average molecular weight is 405 g/mol. The highest BCUT2D eigenvalue weighted by molar-refractivity contribution is 6.42. The van der Waals surface area contributed by atoms with E-state index in [1.807, 2.05) is 24.1 Å². The fourth-order valence-corrected chi connectivity index (χ4v) is 3.95. The molecule has 0 radical (unpaired) electrons. The summed E-state index contributed by atoms with van der Waals surface area (Å²) >= 11 is 12.1. The van der Waals surface area contributed by atoms with Gasteiger partial charge < -0.3 is 9.80 Å². The van der Waals surface area contributed by atoms with Crippen LogP contribution in [0.5, 0.6) is 0 Å². The number of hydrogen-bond donors (Lipinski definition) is 0. The van der Waals surface area contributed by atoms with Crippen LogP contribution in [-0.4, -0.2) is 48.4 Å². The van der Waals surface area contributed by atoms with Crippen LogP contribution in [0.15, 0.2) is 48.5 Å². The van der Waals surface area contributed by atoms with E-state index in [2.05, 4.69) is 29.2 Å². The number of halogens is 2. The van der Waals surface area contributed by atoms with Gasteiger partial charge in [0.15, 0.2) is 0 Å². The van der Waals surface area contributed by atoms with Gasteiger partial charge in [-0.1, -0.05) is 59.6 Å². The maximum absolute atomic E-state index is 12.9. The highest BCUT2D eigenvalue weighted by atomic mass is 35.5. The van der Waals surface area contributed by atoms with Gasteiger partial charge in [-0.2, -0.15) is 0 Å². The first-order chi connectivity index (χ1) is 13.0. The minimum Gasteiger partial charge on any atom is -0.341 e. The smallest absolute Gasteiger partial charge is 0.227 e. The van der Waals surface area contributed by atoms with Crippen LogP contribution in [0.1, 0.15) is 24.0 Å². The minimum absolute atomic E-state index is 0.105. The molecule has 3 rings (SSSR count). The van der Waals surface area contributed by atoms with Crippen molar-refractivity contribution in [3.05, 3.63) is 69.7 Å². The summed E-state index contributed by atoms with van der Waals surface area (Å²) in [6, 6.07) is 16.0. The van der Waals surface area contributed by atoms with Crippen LogP contribution in [0.3, 0.4) is 0 Å². The molecule has 1 atom stereocenters. The summed E-state index contributed by atoms with van der Waals surface area (Å²) in [6.07, 6.45) is 3.69. The van der Waals surface area contributed by atoms with E-state index in [1.165, 1.54) is 18.4 Å². The van der Waals surface area contributed by atoms with Gasteiger partial charge in [0.2, 0.25) is 5.91 Å². The number of amides is 1. The van der Waals surface area contributed by atoms with Crippen molar-refractivity contribution in [2.24, 2.45) is 0 Å². The molecule has 1 fully saturated rings. The van der Waals surface area contributed by atoms with Crippen molar-refractivity contribution in [2.75, 3.05) is 26.7 Å². The quantitative estimate of drug-likeness (QED) is 0.667. The second kappa shape index (κ2) is 9.59. The predicted octanol–water partition coefficient (Wildman–Crippen LogP) is 4.70. The highest BCUT2D eigenvalue weighted by Crippen LogP contribution is 2.23. The standard InChI is InChI=1S/C22H26Cl2N2O/c1-25(22(27)15-18-9-10-20(23)21(24)14-18)19(16-26-11-5-6-12-26)13-17-7-3-2-4-8-17/h2-4,7-10,14,19H,5-6,11-13,15-16H2,1H3/t19-/m0/s1. The van der Waals surface area contributed by atoms with Crippen molar-refractivity contribution < 1.29 is 4.79 Å². The van der Waals surface area contributed by atoms with Crippen LogP contribution in [0.2, 0.25) is 10.0 Å². The first kappa shape index (κ1) is 20.2. The van der Waals surface area contributed by atoms with Gasteiger partial charge in [-0.3, -0.25) is 4.79 Å². The second-order valence-corrected chi connectivity index (χ2v) is 8.10. The van der Waals surface area contributed by atoms with Crippen LogP contribution >= 0.6 is 23.2 Å². The lowest BCUT2D eigenvalue weighted by Crippen LogP contribution is -2.46. The van der Waals surface area contributed by atoms with Gasteiger partial charge in [0, 0.05) is 19.6 Å². The van der Waals surface area contributed by atoms with Crippen LogP contribution < -0.4 is 0 Å². The van der Waals surface area contributed by atoms with Crippen molar-refractivity contribution in [2.45, 2.75) is 31.7 Å². The molecule has 0 aromatic heterocycles. The number of hydrogen-bond acceptors (Lipinski definition) is 2. The molecule has 0 saturated carbocycles. The normalized spacial score (nSPS) is 15.7. The molecule has 27 heavy (non-hydrogen) atoms. The molecule has 5 heteroatoms. The van der Waals surface area contributed by atoms with Crippen molar-refractivity contribution in [3.8, 4) is 0 Å². The van der Waals surface area contributed by atoms with Crippen molar-refractivity contribution in [3.63, 3.8) is 0 Å². The highest BCUT2D eigenvalue weighted by Gasteiger charge is 2.24. The summed E-state index contributed by atoms with van der Waals surface area (Å²) in [7, 11) is 1.92. The molecule has 144 valence electrons. The summed E-state index contributed by atoms with van der Waals surface area (Å²) in [4.78, 5) is 17.3. The van der Waals surface area contributed by atoms with E-state index in [4.69, 9.17) is 23.2 Å². The zero-order valence-electron chi connectivity index (χ0n) is 15.7. The van der Waals surface area contributed by atoms with Crippen molar-refractivity contribution >= 4 is 29.1 Å². The number of carbonyl (C=O) groups is 1.